The molecule has 2 aromatic carbocycles. The molecule has 1 aliphatic carbocycles. The zero-order valence-corrected chi connectivity index (χ0v) is 11.8. The molecule has 5 heteroatoms. The third-order valence-electron chi connectivity index (χ3n) is 3.35. The highest BCUT2D eigenvalue weighted by Gasteiger charge is 2.26. The Morgan fingerprint density at radius 3 is 2.18 bits per heavy atom. The summed E-state index contributed by atoms with van der Waals surface area (Å²) in [6, 6.07) is 12.9. The van der Waals surface area contributed by atoms with Crippen molar-refractivity contribution in [3.63, 3.8) is 0 Å². The second kappa shape index (κ2) is 5.37. The standard InChI is InChI=1S/C17H12NO4/c1-18(21)11-6-8-12(9-7-11)22-16-10-15(19)13-4-2-3-5-14(13)17(16)20/h2-10H,1H3/q+1. The highest BCUT2D eigenvalue weighted by Crippen LogP contribution is 2.25. The third-order valence-corrected chi connectivity index (χ3v) is 3.35. The molecule has 5 nitrogen and oxygen atoms in total. The van der Waals surface area contributed by atoms with Gasteiger partial charge < -0.3 is 4.74 Å². The summed E-state index contributed by atoms with van der Waals surface area (Å²) in [6.07, 6.45) is 1.19. The molecule has 0 N–H and O–H groups in total. The van der Waals surface area contributed by atoms with Crippen LogP contribution in [-0.2, 0) is 0 Å². The predicted octanol–water partition coefficient (Wildman–Crippen LogP) is 3.07. The van der Waals surface area contributed by atoms with Gasteiger partial charge in [-0.2, -0.15) is 0 Å². The molecule has 0 unspecified atom stereocenters. The number of carbonyl (C=O) groups excluding carboxylic acids is 2. The lowest BCUT2D eigenvalue weighted by Gasteiger charge is -2.15. The molecule has 22 heavy (non-hydrogen) atoms. The number of nitrogens with zero attached hydrogens (tertiary/aromatic N) is 1. The highest BCUT2D eigenvalue weighted by molar-refractivity contribution is 6.23. The van der Waals surface area contributed by atoms with Gasteiger partial charge in [0.15, 0.2) is 18.6 Å². The maximum absolute atomic E-state index is 12.3. The molecule has 0 heterocycles. The second-order valence-electron chi connectivity index (χ2n) is 4.84. The molecule has 0 amide bonds. The summed E-state index contributed by atoms with van der Waals surface area (Å²) in [7, 11) is 1.39. The number of hydrogen-bond acceptors (Lipinski definition) is 4. The fourth-order valence-corrected chi connectivity index (χ4v) is 2.22. The summed E-state index contributed by atoms with van der Waals surface area (Å²) >= 11 is 0. The first-order chi connectivity index (χ1) is 10.6. The molecule has 108 valence electrons. The van der Waals surface area contributed by atoms with Crippen molar-refractivity contribution in [3.8, 4) is 5.75 Å². The Bertz CT molecular complexity index is 819. The van der Waals surface area contributed by atoms with Gasteiger partial charge in [0.05, 0.1) is 0 Å². The topological polar surface area (TPSA) is 63.4 Å². The average Bonchev–Trinajstić information content (AvgIpc) is 2.53. The summed E-state index contributed by atoms with van der Waals surface area (Å²) in [4.78, 5) is 35.5. The van der Waals surface area contributed by atoms with E-state index in [1.165, 1.54) is 13.1 Å². The van der Waals surface area contributed by atoms with Gasteiger partial charge >= 0.3 is 0 Å². The highest BCUT2D eigenvalue weighted by atomic mass is 16.5. The molecule has 0 fully saturated rings. The van der Waals surface area contributed by atoms with Crippen molar-refractivity contribution in [2.75, 3.05) is 7.05 Å². The predicted molar refractivity (Wildman–Crippen MR) is 79.5 cm³/mol. The molecule has 0 aromatic heterocycles. The van der Waals surface area contributed by atoms with Crippen molar-refractivity contribution in [2.45, 2.75) is 0 Å². The van der Waals surface area contributed by atoms with E-state index in [4.69, 9.17) is 4.74 Å². The number of rotatable bonds is 3. The van der Waals surface area contributed by atoms with Gasteiger partial charge in [-0.1, -0.05) is 24.3 Å². The van der Waals surface area contributed by atoms with Crippen molar-refractivity contribution >= 4 is 17.3 Å². The lowest BCUT2D eigenvalue weighted by molar-refractivity contribution is -0.428. The number of ether oxygens (including phenoxy) is 1. The first kappa shape index (κ1) is 13.9. The van der Waals surface area contributed by atoms with E-state index in [0.29, 0.717) is 27.3 Å². The monoisotopic (exact) mass is 294 g/mol. The second-order valence-corrected chi connectivity index (χ2v) is 4.84. The normalized spacial score (nSPS) is 13.4. The van der Waals surface area contributed by atoms with Crippen LogP contribution in [-0.4, -0.2) is 23.4 Å². The van der Waals surface area contributed by atoms with Gasteiger partial charge in [-0.3, -0.25) is 9.59 Å². The number of fused-ring (bicyclic) bond motifs is 1. The largest absolute Gasteiger partial charge is 0.453 e. The van der Waals surface area contributed by atoms with Crippen LogP contribution in [0.15, 0.2) is 60.4 Å². The van der Waals surface area contributed by atoms with Crippen LogP contribution in [0.1, 0.15) is 20.7 Å². The maximum atomic E-state index is 12.3. The molecular weight excluding hydrogens is 282 g/mol. The molecule has 1 aliphatic rings. The van der Waals surface area contributed by atoms with E-state index < -0.39 is 0 Å². The molecular formula is C17H12NO4+. The molecule has 0 spiro atoms. The molecule has 0 aliphatic heterocycles. The smallest absolute Gasteiger partial charge is 0.255 e. The Kier molecular flexibility index (Phi) is 3.39. The molecule has 0 atom stereocenters. The number of nitroso groups, excluding NO2 is 1. The summed E-state index contributed by atoms with van der Waals surface area (Å²) in [5.41, 5.74) is 1.18. The molecule has 0 saturated heterocycles. The van der Waals surface area contributed by atoms with Crippen molar-refractivity contribution in [1.82, 2.24) is 0 Å². The summed E-state index contributed by atoms with van der Waals surface area (Å²) in [5, 5.41) is 0. The van der Waals surface area contributed by atoms with E-state index in [2.05, 4.69) is 0 Å². The van der Waals surface area contributed by atoms with Crippen molar-refractivity contribution in [1.29, 1.82) is 0 Å². The number of hydrogen-bond donors (Lipinski definition) is 0. The minimum absolute atomic E-state index is 0.0214. The number of benzene rings is 2. The van der Waals surface area contributed by atoms with Crippen molar-refractivity contribution < 1.29 is 19.1 Å². The van der Waals surface area contributed by atoms with E-state index in [0.717, 1.165) is 0 Å². The fraction of sp³-hybridized carbons (Fsp3) is 0.0588. The molecule has 2 aromatic rings. The Balaban J connectivity index is 1.89. The van der Waals surface area contributed by atoms with E-state index in [9.17, 15) is 14.5 Å². The number of ketones is 2. The SMILES string of the molecule is C[N+](=O)c1ccc(OC2=CC(=O)c3ccccc3C2=O)cc1. The Hall–Kier alpha value is -3.08. The van der Waals surface area contributed by atoms with E-state index in [1.807, 2.05) is 0 Å². The van der Waals surface area contributed by atoms with Crippen LogP contribution < -0.4 is 4.74 Å². The van der Waals surface area contributed by atoms with E-state index >= 15 is 0 Å². The van der Waals surface area contributed by atoms with E-state index in [-0.39, 0.29) is 17.3 Å². The van der Waals surface area contributed by atoms with E-state index in [1.54, 1.807) is 48.5 Å². The fourth-order valence-electron chi connectivity index (χ4n) is 2.22. The van der Waals surface area contributed by atoms with Crippen LogP contribution in [0.4, 0.5) is 5.69 Å². The molecule has 0 saturated carbocycles. The molecule has 0 radical (unpaired) electrons. The van der Waals surface area contributed by atoms with Crippen molar-refractivity contribution in [3.05, 3.63) is 76.4 Å². The minimum atomic E-state index is -0.333. The first-order valence-corrected chi connectivity index (χ1v) is 6.65. The Labute approximate surface area is 126 Å². The zero-order chi connectivity index (χ0) is 15.7. The van der Waals surface area contributed by atoms with Gasteiger partial charge in [-0.05, 0) is 12.1 Å². The van der Waals surface area contributed by atoms with Crippen LogP contribution in [0.2, 0.25) is 0 Å². The lowest BCUT2D eigenvalue weighted by Crippen LogP contribution is -2.20. The molecule has 0 bridgehead atoms. The van der Waals surface area contributed by atoms with Crippen LogP contribution in [0.25, 0.3) is 0 Å². The summed E-state index contributed by atoms with van der Waals surface area (Å²) in [5.74, 6) is -0.231. The van der Waals surface area contributed by atoms with Gasteiger partial charge in [0.25, 0.3) is 5.69 Å². The Morgan fingerprint density at radius 1 is 0.909 bits per heavy atom. The van der Waals surface area contributed by atoms with Crippen LogP contribution in [0, 0.1) is 4.91 Å². The van der Waals surface area contributed by atoms with Gasteiger partial charge in [0.1, 0.15) is 5.75 Å². The third kappa shape index (κ3) is 2.44. The van der Waals surface area contributed by atoms with Gasteiger partial charge in [-0.25, -0.2) is 0 Å². The van der Waals surface area contributed by atoms with Crippen LogP contribution in [0.3, 0.4) is 0 Å². The molecule has 3 rings (SSSR count). The number of allylic oxidation sites excluding steroid dienone is 2. The average molecular weight is 294 g/mol. The van der Waals surface area contributed by atoms with Gasteiger partial charge in [0, 0.05) is 39.0 Å². The van der Waals surface area contributed by atoms with Crippen LogP contribution in [0.5, 0.6) is 5.75 Å². The quantitative estimate of drug-likeness (QED) is 0.816. The summed E-state index contributed by atoms with van der Waals surface area (Å²) < 4.78 is 6.22. The number of carbonyl (C=O) groups is 2. The van der Waals surface area contributed by atoms with Gasteiger partial charge in [0.2, 0.25) is 5.78 Å². The summed E-state index contributed by atoms with van der Waals surface area (Å²) in [6.45, 7) is 0. The maximum Gasteiger partial charge on any atom is 0.255 e. The minimum Gasteiger partial charge on any atom is -0.453 e. The Morgan fingerprint density at radius 2 is 1.55 bits per heavy atom. The first-order valence-electron chi connectivity index (χ1n) is 6.65. The van der Waals surface area contributed by atoms with Crippen LogP contribution >= 0.6 is 0 Å². The van der Waals surface area contributed by atoms with Gasteiger partial charge in [-0.15, -0.1) is 0 Å². The lowest BCUT2D eigenvalue weighted by atomic mass is 9.94. The van der Waals surface area contributed by atoms with Crippen molar-refractivity contribution in [2.24, 2.45) is 0 Å². The number of Topliss-reactive ketones (excluding diaryl/α,β-unsaturated/α-hetero) is 1. The zero-order valence-electron chi connectivity index (χ0n) is 11.8.